The van der Waals surface area contributed by atoms with Gasteiger partial charge >= 0.3 is 0 Å². The Labute approximate surface area is 113 Å². The maximum absolute atomic E-state index is 5.32. The molecule has 1 aromatic carbocycles. The molecule has 0 aliphatic rings. The smallest absolute Gasteiger partial charge is 0.119 e. The summed E-state index contributed by atoms with van der Waals surface area (Å²) in [5.74, 6) is 0.918. The van der Waals surface area contributed by atoms with Crippen LogP contribution in [0.5, 0.6) is 5.75 Å². The lowest BCUT2D eigenvalue weighted by Crippen LogP contribution is -1.97. The third kappa shape index (κ3) is 2.24. The highest BCUT2D eigenvalue weighted by Gasteiger charge is 2.07. The Morgan fingerprint density at radius 3 is 2.68 bits per heavy atom. The van der Waals surface area contributed by atoms with Crippen LogP contribution < -0.4 is 4.74 Å². The summed E-state index contributed by atoms with van der Waals surface area (Å²) in [6, 6.07) is 10.4. The lowest BCUT2D eigenvalue weighted by Gasteiger charge is -2.03. The fourth-order valence-corrected chi connectivity index (χ4v) is 2.55. The van der Waals surface area contributed by atoms with Crippen molar-refractivity contribution in [2.24, 2.45) is 7.05 Å². The molecule has 3 rings (SSSR count). The number of aromatic nitrogens is 2. The predicted molar refractivity (Wildman–Crippen MR) is 77.6 cm³/mol. The van der Waals surface area contributed by atoms with Gasteiger partial charge in [0.15, 0.2) is 0 Å². The van der Waals surface area contributed by atoms with Crippen LogP contribution in [0.4, 0.5) is 0 Å². The summed E-state index contributed by atoms with van der Waals surface area (Å²) in [7, 11) is 3.80. The molecule has 3 aromatic rings. The first-order valence-electron chi connectivity index (χ1n) is 6.50. The van der Waals surface area contributed by atoms with Gasteiger partial charge < -0.3 is 13.9 Å². The molecule has 0 radical (unpaired) electrons. The molecule has 19 heavy (non-hydrogen) atoms. The van der Waals surface area contributed by atoms with Crippen molar-refractivity contribution in [3.8, 4) is 5.75 Å². The number of methoxy groups -OCH3 is 1. The summed E-state index contributed by atoms with van der Waals surface area (Å²) < 4.78 is 9.71. The van der Waals surface area contributed by atoms with Gasteiger partial charge in [0.25, 0.3) is 0 Å². The minimum absolute atomic E-state index is 0.918. The molecule has 2 heterocycles. The summed E-state index contributed by atoms with van der Waals surface area (Å²) >= 11 is 0. The molecule has 0 saturated carbocycles. The first-order valence-corrected chi connectivity index (χ1v) is 6.50. The molecular formula is C16H18N2O. The van der Waals surface area contributed by atoms with Gasteiger partial charge in [0.05, 0.1) is 7.11 Å². The lowest BCUT2D eigenvalue weighted by molar-refractivity contribution is 0.415. The first-order chi connectivity index (χ1) is 9.28. The van der Waals surface area contributed by atoms with E-state index in [0.717, 1.165) is 18.7 Å². The average Bonchev–Trinajstić information content (AvgIpc) is 3.05. The summed E-state index contributed by atoms with van der Waals surface area (Å²) in [5, 5.41) is 1.29. The molecule has 98 valence electrons. The van der Waals surface area contributed by atoms with Gasteiger partial charge in [0.1, 0.15) is 5.75 Å². The molecule has 0 unspecified atom stereocenters. The molecule has 0 N–H and O–H groups in total. The van der Waals surface area contributed by atoms with Crippen LogP contribution in [0.1, 0.15) is 5.56 Å². The van der Waals surface area contributed by atoms with Crippen molar-refractivity contribution >= 4 is 10.9 Å². The number of aryl methyl sites for hydroxylation is 3. The second-order valence-corrected chi connectivity index (χ2v) is 4.82. The Morgan fingerprint density at radius 1 is 1.16 bits per heavy atom. The maximum atomic E-state index is 5.32. The van der Waals surface area contributed by atoms with Crippen molar-refractivity contribution in [2.45, 2.75) is 13.0 Å². The number of fused-ring (bicyclic) bond motifs is 1. The summed E-state index contributed by atoms with van der Waals surface area (Å²) in [4.78, 5) is 0. The van der Waals surface area contributed by atoms with Crippen LogP contribution in [0.3, 0.4) is 0 Å². The normalized spacial score (nSPS) is 11.1. The quantitative estimate of drug-likeness (QED) is 0.699. The number of rotatable bonds is 4. The van der Waals surface area contributed by atoms with E-state index in [1.807, 2.05) is 6.07 Å². The summed E-state index contributed by atoms with van der Waals surface area (Å²) in [6.45, 7) is 1.00. The third-order valence-corrected chi connectivity index (χ3v) is 3.58. The average molecular weight is 254 g/mol. The highest BCUT2D eigenvalue weighted by Crippen LogP contribution is 2.26. The van der Waals surface area contributed by atoms with Crippen LogP contribution in [0.2, 0.25) is 0 Å². The predicted octanol–water partition coefficient (Wildman–Crippen LogP) is 3.23. The minimum Gasteiger partial charge on any atom is -0.497 e. The zero-order chi connectivity index (χ0) is 13.2. The van der Waals surface area contributed by atoms with Crippen molar-refractivity contribution in [1.82, 2.24) is 9.13 Å². The molecule has 3 heteroatoms. The fourth-order valence-electron chi connectivity index (χ4n) is 2.55. The van der Waals surface area contributed by atoms with E-state index in [1.165, 1.54) is 16.5 Å². The Balaban J connectivity index is 1.93. The van der Waals surface area contributed by atoms with Gasteiger partial charge in [-0.15, -0.1) is 0 Å². The monoisotopic (exact) mass is 254 g/mol. The van der Waals surface area contributed by atoms with Crippen LogP contribution in [0.15, 0.2) is 48.9 Å². The van der Waals surface area contributed by atoms with Crippen LogP contribution in [-0.2, 0) is 20.0 Å². The molecule has 0 aliphatic carbocycles. The fraction of sp³-hybridized carbons (Fsp3) is 0.250. The molecule has 0 bridgehead atoms. The van der Waals surface area contributed by atoms with E-state index in [2.05, 4.69) is 59.0 Å². The van der Waals surface area contributed by atoms with Crippen LogP contribution in [0, 0.1) is 0 Å². The number of hydrogen-bond acceptors (Lipinski definition) is 1. The van der Waals surface area contributed by atoms with Crippen molar-refractivity contribution in [1.29, 1.82) is 0 Å². The van der Waals surface area contributed by atoms with Crippen molar-refractivity contribution in [3.63, 3.8) is 0 Å². The summed E-state index contributed by atoms with van der Waals surface area (Å²) in [6.07, 6.45) is 7.45. The number of nitrogens with zero attached hydrogens (tertiary/aromatic N) is 2. The van der Waals surface area contributed by atoms with Crippen LogP contribution in [-0.4, -0.2) is 16.2 Å². The molecule has 0 saturated heterocycles. The molecular weight excluding hydrogens is 236 g/mol. The van der Waals surface area contributed by atoms with E-state index in [9.17, 15) is 0 Å². The van der Waals surface area contributed by atoms with Crippen LogP contribution >= 0.6 is 0 Å². The Bertz CT molecular complexity index is 680. The topological polar surface area (TPSA) is 19.1 Å². The first kappa shape index (κ1) is 11.9. The molecule has 0 amide bonds. The highest BCUT2D eigenvalue weighted by molar-refractivity contribution is 5.85. The highest BCUT2D eigenvalue weighted by atomic mass is 16.5. The van der Waals surface area contributed by atoms with E-state index in [1.54, 1.807) is 7.11 Å². The number of ether oxygens (including phenoxy) is 1. The van der Waals surface area contributed by atoms with E-state index < -0.39 is 0 Å². The van der Waals surface area contributed by atoms with E-state index in [4.69, 9.17) is 4.74 Å². The second-order valence-electron chi connectivity index (χ2n) is 4.82. The van der Waals surface area contributed by atoms with Crippen LogP contribution in [0.25, 0.3) is 10.9 Å². The van der Waals surface area contributed by atoms with E-state index >= 15 is 0 Å². The molecule has 0 spiro atoms. The van der Waals surface area contributed by atoms with Gasteiger partial charge in [0, 0.05) is 43.1 Å². The van der Waals surface area contributed by atoms with Gasteiger partial charge in [-0.05, 0) is 42.3 Å². The molecule has 0 aliphatic heterocycles. The molecule has 0 fully saturated rings. The molecule has 3 nitrogen and oxygen atoms in total. The largest absolute Gasteiger partial charge is 0.497 e. The van der Waals surface area contributed by atoms with Gasteiger partial charge in [-0.1, -0.05) is 0 Å². The Kier molecular flexibility index (Phi) is 3.03. The third-order valence-electron chi connectivity index (χ3n) is 3.58. The van der Waals surface area contributed by atoms with E-state index in [-0.39, 0.29) is 0 Å². The maximum Gasteiger partial charge on any atom is 0.119 e. The second kappa shape index (κ2) is 4.84. The Hall–Kier alpha value is -2.16. The zero-order valence-corrected chi connectivity index (χ0v) is 11.3. The lowest BCUT2D eigenvalue weighted by atomic mass is 10.1. The zero-order valence-electron chi connectivity index (χ0n) is 11.3. The number of benzene rings is 1. The van der Waals surface area contributed by atoms with Crippen molar-refractivity contribution in [2.75, 3.05) is 7.11 Å². The number of hydrogen-bond donors (Lipinski definition) is 0. The SMILES string of the molecule is COc1ccc2c(c1)c(CCn1cccc1)cn2C. The summed E-state index contributed by atoms with van der Waals surface area (Å²) in [5.41, 5.74) is 2.62. The molecule has 2 aromatic heterocycles. The standard InChI is InChI=1S/C16H18N2O/c1-17-12-13(7-10-18-8-3-4-9-18)15-11-14(19-2)5-6-16(15)17/h3-6,8-9,11-12H,7,10H2,1-2H3. The van der Waals surface area contributed by atoms with Crippen molar-refractivity contribution < 1.29 is 4.74 Å². The van der Waals surface area contributed by atoms with E-state index in [0.29, 0.717) is 0 Å². The molecule has 0 atom stereocenters. The van der Waals surface area contributed by atoms with Crippen molar-refractivity contribution in [3.05, 3.63) is 54.5 Å². The minimum atomic E-state index is 0.918. The Morgan fingerprint density at radius 2 is 1.95 bits per heavy atom. The van der Waals surface area contributed by atoms with Gasteiger partial charge in [-0.2, -0.15) is 0 Å². The van der Waals surface area contributed by atoms with Gasteiger partial charge in [-0.3, -0.25) is 0 Å². The van der Waals surface area contributed by atoms with Gasteiger partial charge in [-0.25, -0.2) is 0 Å². The van der Waals surface area contributed by atoms with Gasteiger partial charge in [0.2, 0.25) is 0 Å².